The second-order valence-electron chi connectivity index (χ2n) is 5.20. The van der Waals surface area contributed by atoms with Crippen molar-refractivity contribution in [1.29, 1.82) is 0 Å². The van der Waals surface area contributed by atoms with Crippen LogP contribution in [0.2, 0.25) is 5.02 Å². The molecule has 0 saturated heterocycles. The Bertz CT molecular complexity index is 783. The standard InChI is InChI=1S/C14H15ClN4O3/c1-9-6-18(11-5-3-4-10(15)13(11)22-9)12(20)7-19-14(21)17(2)8-16-19/h3-5,8-9H,6-7H2,1-2H3/t9-/m1/s1. The maximum Gasteiger partial charge on any atom is 0.345 e. The van der Waals surface area contributed by atoms with E-state index < -0.39 is 0 Å². The minimum atomic E-state index is -0.332. The fraction of sp³-hybridized carbons (Fsp3) is 0.357. The Balaban J connectivity index is 1.92. The number of nitrogens with zero attached hydrogens (tertiary/aromatic N) is 4. The van der Waals surface area contributed by atoms with Crippen molar-refractivity contribution >= 4 is 23.2 Å². The Labute approximate surface area is 131 Å². The molecule has 22 heavy (non-hydrogen) atoms. The number of carbonyl (C=O) groups is 1. The number of hydrogen-bond acceptors (Lipinski definition) is 4. The van der Waals surface area contributed by atoms with Gasteiger partial charge in [-0.2, -0.15) is 5.10 Å². The van der Waals surface area contributed by atoms with Gasteiger partial charge in [0.25, 0.3) is 0 Å². The number of aryl methyl sites for hydroxylation is 1. The van der Waals surface area contributed by atoms with E-state index in [9.17, 15) is 9.59 Å². The van der Waals surface area contributed by atoms with Gasteiger partial charge in [-0.05, 0) is 19.1 Å². The fourth-order valence-electron chi connectivity index (χ4n) is 2.40. The van der Waals surface area contributed by atoms with Crippen LogP contribution >= 0.6 is 11.6 Å². The lowest BCUT2D eigenvalue weighted by molar-refractivity contribution is -0.119. The molecule has 0 radical (unpaired) electrons. The Morgan fingerprint density at radius 2 is 2.27 bits per heavy atom. The van der Waals surface area contributed by atoms with E-state index in [1.165, 1.54) is 10.9 Å². The molecule has 0 saturated carbocycles. The van der Waals surface area contributed by atoms with Crippen LogP contribution < -0.4 is 15.3 Å². The number of anilines is 1. The molecule has 2 heterocycles. The molecule has 0 spiro atoms. The van der Waals surface area contributed by atoms with Crippen molar-refractivity contribution in [2.24, 2.45) is 7.05 Å². The Kier molecular flexibility index (Phi) is 3.66. The summed E-state index contributed by atoms with van der Waals surface area (Å²) in [4.78, 5) is 25.9. The van der Waals surface area contributed by atoms with Gasteiger partial charge in [0.15, 0.2) is 5.75 Å². The van der Waals surface area contributed by atoms with Crippen LogP contribution in [0, 0.1) is 0 Å². The van der Waals surface area contributed by atoms with Gasteiger partial charge in [-0.15, -0.1) is 0 Å². The topological polar surface area (TPSA) is 69.4 Å². The zero-order chi connectivity index (χ0) is 15.9. The van der Waals surface area contributed by atoms with Crippen LogP contribution in [0.3, 0.4) is 0 Å². The van der Waals surface area contributed by atoms with Gasteiger partial charge in [0.05, 0.1) is 17.3 Å². The van der Waals surface area contributed by atoms with Crippen molar-refractivity contribution in [3.05, 3.63) is 40.0 Å². The van der Waals surface area contributed by atoms with Crippen molar-refractivity contribution < 1.29 is 9.53 Å². The van der Waals surface area contributed by atoms with Gasteiger partial charge < -0.3 is 9.64 Å². The number of ether oxygens (including phenoxy) is 1. The van der Waals surface area contributed by atoms with Crippen LogP contribution in [0.1, 0.15) is 6.92 Å². The summed E-state index contributed by atoms with van der Waals surface area (Å²) in [6, 6.07) is 5.24. The lowest BCUT2D eigenvalue weighted by atomic mass is 10.2. The molecule has 0 bridgehead atoms. The molecule has 1 aromatic carbocycles. The average Bonchev–Trinajstić information content (AvgIpc) is 2.79. The Hall–Kier alpha value is -2.28. The number of para-hydroxylation sites is 1. The van der Waals surface area contributed by atoms with Gasteiger partial charge in [-0.3, -0.25) is 9.36 Å². The highest BCUT2D eigenvalue weighted by atomic mass is 35.5. The van der Waals surface area contributed by atoms with Crippen molar-refractivity contribution in [3.63, 3.8) is 0 Å². The number of halogens is 1. The van der Waals surface area contributed by atoms with Crippen molar-refractivity contribution in [1.82, 2.24) is 14.3 Å². The van der Waals surface area contributed by atoms with E-state index in [1.54, 1.807) is 30.1 Å². The monoisotopic (exact) mass is 322 g/mol. The molecule has 0 N–H and O–H groups in total. The molecule has 1 aliphatic rings. The van der Waals surface area contributed by atoms with E-state index in [2.05, 4.69) is 5.10 Å². The van der Waals surface area contributed by atoms with Gasteiger partial charge in [0.2, 0.25) is 5.91 Å². The van der Waals surface area contributed by atoms with Gasteiger partial charge in [-0.25, -0.2) is 9.48 Å². The smallest absolute Gasteiger partial charge is 0.345 e. The second-order valence-corrected chi connectivity index (χ2v) is 5.61. The third kappa shape index (κ3) is 2.48. The number of carbonyl (C=O) groups excluding carboxylic acids is 1. The highest BCUT2D eigenvalue weighted by Gasteiger charge is 2.29. The molecule has 1 atom stereocenters. The maximum absolute atomic E-state index is 12.6. The van der Waals surface area contributed by atoms with E-state index in [0.717, 1.165) is 4.68 Å². The molecule has 1 aliphatic heterocycles. The zero-order valence-electron chi connectivity index (χ0n) is 12.2. The summed E-state index contributed by atoms with van der Waals surface area (Å²) in [7, 11) is 1.59. The van der Waals surface area contributed by atoms with E-state index in [0.29, 0.717) is 23.0 Å². The van der Waals surface area contributed by atoms with Crippen LogP contribution in [0.25, 0.3) is 0 Å². The predicted molar refractivity (Wildman–Crippen MR) is 81.4 cm³/mol. The quantitative estimate of drug-likeness (QED) is 0.828. The van der Waals surface area contributed by atoms with E-state index in [1.807, 2.05) is 6.92 Å². The molecule has 0 unspecified atom stereocenters. The fourth-order valence-corrected chi connectivity index (χ4v) is 2.61. The van der Waals surface area contributed by atoms with Gasteiger partial charge in [0, 0.05) is 7.05 Å². The number of fused-ring (bicyclic) bond motifs is 1. The summed E-state index contributed by atoms with van der Waals surface area (Å²) < 4.78 is 8.16. The molecule has 0 aliphatic carbocycles. The first-order valence-corrected chi connectivity index (χ1v) is 7.19. The second kappa shape index (κ2) is 5.49. The first-order valence-electron chi connectivity index (χ1n) is 6.81. The Morgan fingerprint density at radius 1 is 1.50 bits per heavy atom. The number of benzene rings is 1. The third-order valence-electron chi connectivity index (χ3n) is 3.47. The van der Waals surface area contributed by atoms with Gasteiger partial charge in [0.1, 0.15) is 19.0 Å². The summed E-state index contributed by atoms with van der Waals surface area (Å²) >= 11 is 6.13. The number of hydrogen-bond donors (Lipinski definition) is 0. The highest BCUT2D eigenvalue weighted by Crippen LogP contribution is 2.39. The lowest BCUT2D eigenvalue weighted by Crippen LogP contribution is -2.45. The van der Waals surface area contributed by atoms with Crippen LogP contribution in [0.15, 0.2) is 29.3 Å². The average molecular weight is 323 g/mol. The summed E-state index contributed by atoms with van der Waals surface area (Å²) in [6.45, 7) is 2.13. The zero-order valence-corrected chi connectivity index (χ0v) is 12.9. The van der Waals surface area contributed by atoms with Crippen LogP contribution in [0.4, 0.5) is 5.69 Å². The number of rotatable bonds is 2. The first-order chi connectivity index (χ1) is 10.5. The molecular weight excluding hydrogens is 308 g/mol. The largest absolute Gasteiger partial charge is 0.485 e. The summed E-state index contributed by atoms with van der Waals surface area (Å²) in [5.41, 5.74) is 0.278. The van der Waals surface area contributed by atoms with Gasteiger partial charge in [-0.1, -0.05) is 17.7 Å². The number of amides is 1. The lowest BCUT2D eigenvalue weighted by Gasteiger charge is -2.33. The maximum atomic E-state index is 12.6. The van der Waals surface area contributed by atoms with Crippen molar-refractivity contribution in [3.8, 4) is 5.75 Å². The molecule has 0 fully saturated rings. The number of aromatic nitrogens is 3. The SMILES string of the molecule is C[C@@H]1CN(C(=O)Cn2ncn(C)c2=O)c2cccc(Cl)c2O1. The minimum Gasteiger partial charge on any atom is -0.485 e. The highest BCUT2D eigenvalue weighted by molar-refractivity contribution is 6.32. The van der Waals surface area contributed by atoms with Crippen molar-refractivity contribution in [2.75, 3.05) is 11.4 Å². The summed E-state index contributed by atoms with van der Waals surface area (Å²) in [6.07, 6.45) is 1.19. The van der Waals surface area contributed by atoms with Crippen LogP contribution in [0.5, 0.6) is 5.75 Å². The minimum absolute atomic E-state index is 0.127. The van der Waals surface area contributed by atoms with E-state index in [-0.39, 0.29) is 24.2 Å². The molecule has 116 valence electrons. The summed E-state index contributed by atoms with van der Waals surface area (Å²) in [5.74, 6) is 0.254. The van der Waals surface area contributed by atoms with Crippen molar-refractivity contribution in [2.45, 2.75) is 19.6 Å². The van der Waals surface area contributed by atoms with Crippen LogP contribution in [-0.4, -0.2) is 32.9 Å². The normalized spacial score (nSPS) is 17.0. The molecule has 2 aromatic rings. The third-order valence-corrected chi connectivity index (χ3v) is 3.77. The van der Waals surface area contributed by atoms with E-state index >= 15 is 0 Å². The van der Waals surface area contributed by atoms with Gasteiger partial charge >= 0.3 is 5.69 Å². The molecule has 8 heteroatoms. The molecular formula is C14H15ClN4O3. The summed E-state index contributed by atoms with van der Waals surface area (Å²) in [5, 5.41) is 4.36. The predicted octanol–water partition coefficient (Wildman–Crippen LogP) is 1.05. The van der Waals surface area contributed by atoms with E-state index in [4.69, 9.17) is 16.3 Å². The Morgan fingerprint density at radius 3 is 2.95 bits per heavy atom. The molecule has 3 rings (SSSR count). The molecule has 7 nitrogen and oxygen atoms in total. The van der Waals surface area contributed by atoms with Crippen LogP contribution in [-0.2, 0) is 18.4 Å². The molecule has 1 amide bonds. The first kappa shape index (κ1) is 14.6. The molecule has 1 aromatic heterocycles.